The van der Waals surface area contributed by atoms with Gasteiger partial charge in [0, 0.05) is 6.42 Å². The highest BCUT2D eigenvalue weighted by molar-refractivity contribution is 5.89. The monoisotopic (exact) mass is 192 g/mol. The van der Waals surface area contributed by atoms with Crippen LogP contribution in [-0.4, -0.2) is 39.7 Å². The van der Waals surface area contributed by atoms with Gasteiger partial charge in [-0.05, 0) is 6.42 Å². The molecule has 13 heavy (non-hydrogen) atoms. The summed E-state index contributed by atoms with van der Waals surface area (Å²) in [5.41, 5.74) is 0. The molecule has 0 aliphatic carbocycles. The smallest absolute Gasteiger partial charge is 0.376 e. The summed E-state index contributed by atoms with van der Waals surface area (Å²) >= 11 is 0. The number of hydrogen-bond donors (Lipinski definition) is 3. The number of carbonyl (C=O) groups is 2. The van der Waals surface area contributed by atoms with E-state index in [9.17, 15) is 9.59 Å². The van der Waals surface area contributed by atoms with Crippen molar-refractivity contribution in [2.24, 2.45) is 0 Å². The lowest BCUT2D eigenvalue weighted by atomic mass is 10.3. The highest BCUT2D eigenvalue weighted by atomic mass is 16.6. The molecule has 0 heterocycles. The zero-order valence-electron chi connectivity index (χ0n) is 7.19. The van der Waals surface area contributed by atoms with E-state index >= 15 is 0 Å². The van der Waals surface area contributed by atoms with Crippen molar-refractivity contribution in [3.05, 3.63) is 0 Å². The molecule has 0 fully saturated rings. The van der Waals surface area contributed by atoms with Crippen molar-refractivity contribution < 1.29 is 29.6 Å². The standard InChI is InChI=1S/C7H12O6/c1-2-3-5(9)13-6(10)7(11,12)4-8/h8,11-12H,2-4H2,1H3. The van der Waals surface area contributed by atoms with Crippen molar-refractivity contribution in [1.82, 2.24) is 0 Å². The summed E-state index contributed by atoms with van der Waals surface area (Å²) in [6.45, 7) is 0.480. The normalized spacial score (nSPS) is 11.1. The predicted molar refractivity (Wildman–Crippen MR) is 40.3 cm³/mol. The van der Waals surface area contributed by atoms with Crippen molar-refractivity contribution in [3.63, 3.8) is 0 Å². The van der Waals surface area contributed by atoms with E-state index < -0.39 is 24.3 Å². The Kier molecular flexibility index (Phi) is 4.53. The molecule has 0 saturated carbocycles. The van der Waals surface area contributed by atoms with Gasteiger partial charge in [-0.2, -0.15) is 0 Å². The molecule has 6 nitrogen and oxygen atoms in total. The van der Waals surface area contributed by atoms with Crippen molar-refractivity contribution in [1.29, 1.82) is 0 Å². The first kappa shape index (κ1) is 12.0. The number of carbonyl (C=O) groups excluding carboxylic acids is 2. The second-order valence-corrected chi connectivity index (χ2v) is 2.49. The van der Waals surface area contributed by atoms with E-state index in [4.69, 9.17) is 15.3 Å². The highest BCUT2D eigenvalue weighted by Crippen LogP contribution is 2.02. The molecule has 0 aromatic carbocycles. The van der Waals surface area contributed by atoms with Crippen LogP contribution in [0, 0.1) is 0 Å². The summed E-state index contributed by atoms with van der Waals surface area (Å²) in [7, 11) is 0. The van der Waals surface area contributed by atoms with Gasteiger partial charge < -0.3 is 20.1 Å². The summed E-state index contributed by atoms with van der Waals surface area (Å²) in [5.74, 6) is -5.41. The van der Waals surface area contributed by atoms with Gasteiger partial charge in [-0.1, -0.05) is 6.92 Å². The van der Waals surface area contributed by atoms with Gasteiger partial charge in [-0.15, -0.1) is 0 Å². The Morgan fingerprint density at radius 3 is 2.31 bits per heavy atom. The van der Waals surface area contributed by atoms with E-state index in [0.717, 1.165) is 0 Å². The van der Waals surface area contributed by atoms with Crippen LogP contribution in [0.4, 0.5) is 0 Å². The van der Waals surface area contributed by atoms with Gasteiger partial charge in [0.1, 0.15) is 6.61 Å². The number of aliphatic hydroxyl groups excluding tert-OH is 1. The van der Waals surface area contributed by atoms with Crippen molar-refractivity contribution in [2.45, 2.75) is 25.6 Å². The fourth-order valence-electron chi connectivity index (χ4n) is 0.505. The van der Waals surface area contributed by atoms with Gasteiger partial charge in [-0.25, -0.2) is 4.79 Å². The van der Waals surface area contributed by atoms with E-state index in [0.29, 0.717) is 6.42 Å². The molecule has 0 spiro atoms. The van der Waals surface area contributed by atoms with Crippen LogP contribution in [-0.2, 0) is 14.3 Å². The van der Waals surface area contributed by atoms with E-state index in [2.05, 4.69) is 4.74 Å². The number of ether oxygens (including phenoxy) is 1. The van der Waals surface area contributed by atoms with E-state index in [1.807, 2.05) is 0 Å². The van der Waals surface area contributed by atoms with Crippen LogP contribution in [0.3, 0.4) is 0 Å². The Morgan fingerprint density at radius 1 is 1.38 bits per heavy atom. The van der Waals surface area contributed by atoms with Crippen LogP contribution in [0.15, 0.2) is 0 Å². The molecule has 76 valence electrons. The Bertz CT molecular complexity index is 197. The quantitative estimate of drug-likeness (QED) is 0.285. The minimum absolute atomic E-state index is 0.00719. The first-order chi connectivity index (χ1) is 5.94. The van der Waals surface area contributed by atoms with Crippen LogP contribution >= 0.6 is 0 Å². The SMILES string of the molecule is CCCC(=O)OC(=O)C(O)(O)CO. The molecule has 3 N–H and O–H groups in total. The Labute approximate surface area is 74.7 Å². The Hall–Kier alpha value is -0.980. The van der Waals surface area contributed by atoms with Gasteiger partial charge in [0.25, 0.3) is 5.79 Å². The largest absolute Gasteiger partial charge is 0.390 e. The third-order valence-corrected chi connectivity index (χ3v) is 1.21. The van der Waals surface area contributed by atoms with Gasteiger partial charge in [0.05, 0.1) is 0 Å². The Morgan fingerprint density at radius 2 is 1.92 bits per heavy atom. The minimum atomic E-state index is -3.00. The molecule has 0 saturated heterocycles. The maximum Gasteiger partial charge on any atom is 0.376 e. The highest BCUT2D eigenvalue weighted by Gasteiger charge is 2.35. The van der Waals surface area contributed by atoms with Crippen LogP contribution < -0.4 is 0 Å². The average Bonchev–Trinajstić information content (AvgIpc) is 2.04. The molecule has 0 aliphatic rings. The second-order valence-electron chi connectivity index (χ2n) is 2.49. The fourth-order valence-corrected chi connectivity index (χ4v) is 0.505. The van der Waals surface area contributed by atoms with Crippen molar-refractivity contribution in [2.75, 3.05) is 6.61 Å². The lowest BCUT2D eigenvalue weighted by Gasteiger charge is -2.15. The van der Waals surface area contributed by atoms with Gasteiger partial charge >= 0.3 is 11.9 Å². The van der Waals surface area contributed by atoms with Gasteiger partial charge in [0.2, 0.25) is 0 Å². The molecular weight excluding hydrogens is 180 g/mol. The summed E-state index contributed by atoms with van der Waals surface area (Å²) in [5, 5.41) is 25.7. The first-order valence-electron chi connectivity index (χ1n) is 3.74. The number of esters is 2. The second kappa shape index (κ2) is 4.90. The number of hydrogen-bond acceptors (Lipinski definition) is 6. The summed E-state index contributed by atoms with van der Waals surface area (Å²) < 4.78 is 4.01. The molecular formula is C7H12O6. The summed E-state index contributed by atoms with van der Waals surface area (Å²) in [4.78, 5) is 21.3. The average molecular weight is 192 g/mol. The fraction of sp³-hybridized carbons (Fsp3) is 0.714. The molecule has 0 amide bonds. The zero-order chi connectivity index (χ0) is 10.5. The molecule has 0 radical (unpaired) electrons. The van der Waals surface area contributed by atoms with E-state index in [1.54, 1.807) is 6.92 Å². The van der Waals surface area contributed by atoms with Crippen LogP contribution in [0.25, 0.3) is 0 Å². The molecule has 0 aliphatic heterocycles. The summed E-state index contributed by atoms with van der Waals surface area (Å²) in [6, 6.07) is 0. The van der Waals surface area contributed by atoms with Crippen LogP contribution in [0.5, 0.6) is 0 Å². The predicted octanol–water partition coefficient (Wildman–Crippen LogP) is -1.47. The maximum atomic E-state index is 10.7. The summed E-state index contributed by atoms with van der Waals surface area (Å²) in [6.07, 6.45) is 0.488. The van der Waals surface area contributed by atoms with E-state index in [-0.39, 0.29) is 6.42 Å². The Balaban J connectivity index is 4.07. The molecule has 6 heteroatoms. The molecule has 0 aromatic heterocycles. The van der Waals surface area contributed by atoms with E-state index in [1.165, 1.54) is 0 Å². The maximum absolute atomic E-state index is 10.7. The van der Waals surface area contributed by atoms with Crippen molar-refractivity contribution in [3.8, 4) is 0 Å². The molecule has 0 bridgehead atoms. The molecule has 0 unspecified atom stereocenters. The molecule has 0 atom stereocenters. The topological polar surface area (TPSA) is 104 Å². The van der Waals surface area contributed by atoms with Gasteiger partial charge in [0.15, 0.2) is 0 Å². The molecule has 0 rings (SSSR count). The van der Waals surface area contributed by atoms with Crippen LogP contribution in [0.2, 0.25) is 0 Å². The zero-order valence-corrected chi connectivity index (χ0v) is 7.19. The van der Waals surface area contributed by atoms with Gasteiger partial charge in [-0.3, -0.25) is 4.79 Å². The lowest BCUT2D eigenvalue weighted by Crippen LogP contribution is -2.44. The lowest BCUT2D eigenvalue weighted by molar-refractivity contribution is -0.220. The number of aliphatic hydroxyl groups is 3. The van der Waals surface area contributed by atoms with Crippen molar-refractivity contribution >= 4 is 11.9 Å². The molecule has 0 aromatic rings. The number of rotatable bonds is 4. The third kappa shape index (κ3) is 3.97. The minimum Gasteiger partial charge on any atom is -0.390 e. The first-order valence-corrected chi connectivity index (χ1v) is 3.74. The third-order valence-electron chi connectivity index (χ3n) is 1.21. The van der Waals surface area contributed by atoms with Crippen LogP contribution in [0.1, 0.15) is 19.8 Å².